The van der Waals surface area contributed by atoms with Crippen molar-refractivity contribution in [2.75, 3.05) is 6.61 Å². The van der Waals surface area contributed by atoms with E-state index in [1.54, 1.807) is 0 Å². The lowest BCUT2D eigenvalue weighted by Gasteiger charge is -2.08. The van der Waals surface area contributed by atoms with Gasteiger partial charge in [-0.1, -0.05) is 30.3 Å². The molecular formula is C12H14ClNO. The number of rotatable bonds is 2. The van der Waals surface area contributed by atoms with E-state index in [-0.39, 0.29) is 10.9 Å². The van der Waals surface area contributed by atoms with E-state index in [2.05, 4.69) is 4.99 Å². The van der Waals surface area contributed by atoms with Crippen molar-refractivity contribution >= 4 is 17.5 Å². The van der Waals surface area contributed by atoms with Crippen LogP contribution in [0.2, 0.25) is 0 Å². The first-order valence-electron chi connectivity index (χ1n) is 5.00. The zero-order valence-corrected chi connectivity index (χ0v) is 9.66. The Balaban J connectivity index is 2.20. The molecule has 0 saturated heterocycles. The predicted octanol–water partition coefficient (Wildman–Crippen LogP) is 3.17. The molecule has 1 atom stereocenters. The topological polar surface area (TPSA) is 21.6 Å². The van der Waals surface area contributed by atoms with Crippen molar-refractivity contribution in [3.05, 3.63) is 35.9 Å². The van der Waals surface area contributed by atoms with Crippen LogP contribution in [-0.2, 0) is 4.74 Å². The Hall–Kier alpha value is -1.02. The highest BCUT2D eigenvalue weighted by Crippen LogP contribution is 2.28. The third kappa shape index (κ3) is 2.32. The minimum absolute atomic E-state index is 0.142. The van der Waals surface area contributed by atoms with Crippen molar-refractivity contribution in [3.63, 3.8) is 0 Å². The van der Waals surface area contributed by atoms with Gasteiger partial charge in [0.05, 0.1) is 5.54 Å². The van der Waals surface area contributed by atoms with Crippen molar-refractivity contribution in [3.8, 4) is 0 Å². The fraction of sp³-hybridized carbons (Fsp3) is 0.417. The normalized spacial score (nSPS) is 20.6. The van der Waals surface area contributed by atoms with Gasteiger partial charge < -0.3 is 4.74 Å². The Morgan fingerprint density at radius 3 is 2.53 bits per heavy atom. The summed E-state index contributed by atoms with van der Waals surface area (Å²) in [5.41, 5.74) is 0.882. The van der Waals surface area contributed by atoms with Gasteiger partial charge in [0, 0.05) is 0 Å². The molecule has 0 aliphatic carbocycles. The van der Waals surface area contributed by atoms with Gasteiger partial charge in [0.15, 0.2) is 0 Å². The van der Waals surface area contributed by atoms with Gasteiger partial charge in [-0.3, -0.25) is 0 Å². The molecule has 0 radical (unpaired) electrons. The second-order valence-electron chi connectivity index (χ2n) is 4.32. The van der Waals surface area contributed by atoms with Crippen LogP contribution in [0.5, 0.6) is 0 Å². The molecule has 1 aliphatic heterocycles. The average Bonchev–Trinajstić information content (AvgIpc) is 2.59. The molecule has 1 aromatic rings. The number of nitrogens with zero attached hydrogens (tertiary/aromatic N) is 1. The molecule has 0 aromatic heterocycles. The Morgan fingerprint density at radius 1 is 1.33 bits per heavy atom. The number of hydrogen-bond donors (Lipinski definition) is 0. The van der Waals surface area contributed by atoms with Gasteiger partial charge in [0.2, 0.25) is 5.90 Å². The smallest absolute Gasteiger partial charge is 0.207 e. The molecule has 0 bridgehead atoms. The lowest BCUT2D eigenvalue weighted by molar-refractivity contribution is 0.274. The van der Waals surface area contributed by atoms with E-state index < -0.39 is 0 Å². The third-order valence-corrected chi connectivity index (χ3v) is 2.73. The summed E-state index contributed by atoms with van der Waals surface area (Å²) < 4.78 is 5.50. The minimum Gasteiger partial charge on any atom is -0.477 e. The first-order valence-corrected chi connectivity index (χ1v) is 5.44. The van der Waals surface area contributed by atoms with Crippen molar-refractivity contribution in [1.29, 1.82) is 0 Å². The van der Waals surface area contributed by atoms with E-state index in [1.165, 1.54) is 0 Å². The maximum atomic E-state index is 6.28. The minimum atomic E-state index is -0.270. The summed E-state index contributed by atoms with van der Waals surface area (Å²) in [4.78, 5) is 4.46. The SMILES string of the molecule is CC1(C)COC(C(Cl)c2ccccc2)=N1. The zero-order chi connectivity index (χ0) is 10.9. The summed E-state index contributed by atoms with van der Waals surface area (Å²) >= 11 is 6.28. The number of halogens is 1. The van der Waals surface area contributed by atoms with E-state index in [0.717, 1.165) is 5.56 Å². The van der Waals surface area contributed by atoms with Crippen LogP contribution in [-0.4, -0.2) is 18.0 Å². The van der Waals surface area contributed by atoms with E-state index in [4.69, 9.17) is 16.3 Å². The molecule has 2 rings (SSSR count). The largest absolute Gasteiger partial charge is 0.477 e. The number of hydrogen-bond acceptors (Lipinski definition) is 2. The van der Waals surface area contributed by atoms with Crippen molar-refractivity contribution in [2.24, 2.45) is 4.99 Å². The fourth-order valence-corrected chi connectivity index (χ4v) is 1.77. The second-order valence-corrected chi connectivity index (χ2v) is 4.76. The first-order chi connectivity index (χ1) is 7.08. The van der Waals surface area contributed by atoms with Crippen LogP contribution in [0.4, 0.5) is 0 Å². The lowest BCUT2D eigenvalue weighted by atomic mass is 10.1. The molecule has 2 nitrogen and oxygen atoms in total. The van der Waals surface area contributed by atoms with Gasteiger partial charge in [-0.05, 0) is 19.4 Å². The molecule has 1 unspecified atom stereocenters. The fourth-order valence-electron chi connectivity index (χ4n) is 1.51. The Morgan fingerprint density at radius 2 is 2.00 bits per heavy atom. The van der Waals surface area contributed by atoms with Gasteiger partial charge >= 0.3 is 0 Å². The quantitative estimate of drug-likeness (QED) is 0.706. The molecule has 1 aromatic carbocycles. The van der Waals surface area contributed by atoms with Crippen LogP contribution in [0.25, 0.3) is 0 Å². The number of aliphatic imine (C=N–C) groups is 1. The van der Waals surface area contributed by atoms with E-state index in [9.17, 15) is 0 Å². The van der Waals surface area contributed by atoms with Crippen molar-refractivity contribution < 1.29 is 4.74 Å². The summed E-state index contributed by atoms with van der Waals surface area (Å²) in [6, 6.07) is 9.86. The van der Waals surface area contributed by atoms with E-state index >= 15 is 0 Å². The predicted molar refractivity (Wildman–Crippen MR) is 62.5 cm³/mol. The number of benzene rings is 1. The van der Waals surface area contributed by atoms with E-state index in [0.29, 0.717) is 12.5 Å². The molecule has 1 heterocycles. The Labute approximate surface area is 94.9 Å². The molecule has 0 saturated carbocycles. The van der Waals surface area contributed by atoms with Gasteiger partial charge in [-0.25, -0.2) is 4.99 Å². The van der Waals surface area contributed by atoms with Gasteiger partial charge in [-0.15, -0.1) is 11.6 Å². The van der Waals surface area contributed by atoms with Crippen LogP contribution in [0, 0.1) is 0 Å². The highest BCUT2D eigenvalue weighted by atomic mass is 35.5. The second kappa shape index (κ2) is 3.86. The van der Waals surface area contributed by atoms with Gasteiger partial charge in [0.1, 0.15) is 12.0 Å². The lowest BCUT2D eigenvalue weighted by Crippen LogP contribution is -2.17. The standard InChI is InChI=1S/C12H14ClNO/c1-12(2)8-15-11(14-12)10(13)9-6-4-3-5-7-9/h3-7,10H,8H2,1-2H3. The Kier molecular flexibility index (Phi) is 2.70. The molecule has 80 valence electrons. The molecule has 0 spiro atoms. The maximum absolute atomic E-state index is 6.28. The molecule has 0 N–H and O–H groups in total. The van der Waals surface area contributed by atoms with Crippen LogP contribution >= 0.6 is 11.6 Å². The first kappa shape index (κ1) is 10.5. The van der Waals surface area contributed by atoms with Crippen LogP contribution in [0.1, 0.15) is 24.8 Å². The van der Waals surface area contributed by atoms with E-state index in [1.807, 2.05) is 44.2 Å². The molecule has 15 heavy (non-hydrogen) atoms. The summed E-state index contributed by atoms with van der Waals surface area (Å²) in [5.74, 6) is 0.632. The third-order valence-electron chi connectivity index (χ3n) is 2.30. The monoisotopic (exact) mass is 223 g/mol. The summed E-state index contributed by atoms with van der Waals surface area (Å²) in [5, 5.41) is -0.270. The van der Waals surface area contributed by atoms with Gasteiger partial charge in [-0.2, -0.15) is 0 Å². The zero-order valence-electron chi connectivity index (χ0n) is 8.90. The number of ether oxygens (including phenoxy) is 1. The van der Waals surface area contributed by atoms with Crippen LogP contribution in [0.3, 0.4) is 0 Å². The number of alkyl halides is 1. The molecular weight excluding hydrogens is 210 g/mol. The summed E-state index contributed by atoms with van der Waals surface area (Å²) in [6.07, 6.45) is 0. The van der Waals surface area contributed by atoms with Crippen LogP contribution < -0.4 is 0 Å². The molecule has 3 heteroatoms. The van der Waals surface area contributed by atoms with Crippen molar-refractivity contribution in [1.82, 2.24) is 0 Å². The average molecular weight is 224 g/mol. The molecule has 1 aliphatic rings. The molecule has 0 fully saturated rings. The highest BCUT2D eigenvalue weighted by Gasteiger charge is 2.30. The van der Waals surface area contributed by atoms with Crippen LogP contribution in [0.15, 0.2) is 35.3 Å². The maximum Gasteiger partial charge on any atom is 0.207 e. The van der Waals surface area contributed by atoms with Crippen molar-refractivity contribution in [2.45, 2.75) is 24.8 Å². The Bertz CT molecular complexity index is 372. The highest BCUT2D eigenvalue weighted by molar-refractivity contribution is 6.31. The summed E-state index contributed by atoms with van der Waals surface area (Å²) in [6.45, 7) is 4.68. The molecule has 0 amide bonds. The van der Waals surface area contributed by atoms with Gasteiger partial charge in [0.25, 0.3) is 0 Å². The summed E-state index contributed by atoms with van der Waals surface area (Å²) in [7, 11) is 0.